The van der Waals surface area contributed by atoms with E-state index in [4.69, 9.17) is 32.3 Å². The van der Waals surface area contributed by atoms with Crippen LogP contribution in [0.5, 0.6) is 0 Å². The molecule has 0 saturated carbocycles. The molecular weight excluding hydrogens is 1430 g/mol. The molecular formula is C93H164O16P2. The number of unbranched alkanes of at least 4 members (excludes halogenated alkanes) is 42. The fourth-order valence-corrected chi connectivity index (χ4v) is 14.0. The number of hydrogen-bond acceptors (Lipinski definition) is 14. The lowest BCUT2D eigenvalue weighted by Gasteiger charge is -2.21. The van der Waals surface area contributed by atoms with Gasteiger partial charge in [0.1, 0.15) is 25.4 Å². The minimum atomic E-state index is -4.93. The Balaban J connectivity index is 4.35. The van der Waals surface area contributed by atoms with E-state index >= 15 is 0 Å². The van der Waals surface area contributed by atoms with Crippen LogP contribution in [0.3, 0.4) is 0 Å². The molecule has 0 aromatic heterocycles. The fourth-order valence-electron chi connectivity index (χ4n) is 12.4. The van der Waals surface area contributed by atoms with Crippen LogP contribution < -0.4 is 0 Å². The number of carbonyl (C=O) groups excluding carboxylic acids is 3. The quantitative estimate of drug-likeness (QED) is 0.0146. The van der Waals surface area contributed by atoms with E-state index in [0.717, 1.165) is 128 Å². The Bertz CT molecular complexity index is 2500. The third-order valence-corrected chi connectivity index (χ3v) is 21.1. The van der Waals surface area contributed by atoms with Crippen LogP contribution in [0.1, 0.15) is 393 Å². The molecule has 0 aliphatic carbocycles. The molecule has 0 saturated heterocycles. The summed E-state index contributed by atoms with van der Waals surface area (Å²) < 4.78 is 61.3. The zero-order valence-electron chi connectivity index (χ0n) is 70.6. The smallest absolute Gasteiger partial charge is 0.463 e. The van der Waals surface area contributed by atoms with Gasteiger partial charge in [-0.05, 0) is 116 Å². The summed E-state index contributed by atoms with van der Waals surface area (Å²) in [5.74, 6) is -1.56. The number of carbonyl (C=O) groups is 3. The van der Waals surface area contributed by atoms with Crippen LogP contribution in [0, 0.1) is 0 Å². The van der Waals surface area contributed by atoms with E-state index < -0.39 is 91.5 Å². The van der Waals surface area contributed by atoms with Crippen molar-refractivity contribution in [2.75, 3.05) is 39.6 Å². The molecule has 0 bridgehead atoms. The Kier molecular flexibility index (Phi) is 82.2. The predicted molar refractivity (Wildman–Crippen MR) is 463 cm³/mol. The summed E-state index contributed by atoms with van der Waals surface area (Å²) in [5, 5.41) is 20.7. The number of ether oxygens (including phenoxy) is 3. The third-order valence-electron chi connectivity index (χ3n) is 19.2. The minimum absolute atomic E-state index is 0.109. The first-order chi connectivity index (χ1) is 54.2. The summed E-state index contributed by atoms with van der Waals surface area (Å²) >= 11 is 0. The van der Waals surface area contributed by atoms with Gasteiger partial charge in [0.25, 0.3) is 0 Å². The summed E-state index contributed by atoms with van der Waals surface area (Å²) in [6, 6.07) is 0. The Morgan fingerprint density at radius 1 is 0.261 bits per heavy atom. The molecule has 5 unspecified atom stereocenters. The molecule has 5 atom stereocenters. The van der Waals surface area contributed by atoms with Crippen molar-refractivity contribution >= 4 is 33.6 Å². The van der Waals surface area contributed by atoms with Gasteiger partial charge in [-0.3, -0.25) is 32.5 Å². The van der Waals surface area contributed by atoms with Crippen molar-refractivity contribution in [3.05, 3.63) is 122 Å². The van der Waals surface area contributed by atoms with Gasteiger partial charge in [-0.15, -0.1) is 0 Å². The Labute approximate surface area is 678 Å². The highest BCUT2D eigenvalue weighted by molar-refractivity contribution is 7.47. The second kappa shape index (κ2) is 85.3. The van der Waals surface area contributed by atoms with Gasteiger partial charge in [0.05, 0.1) is 26.4 Å². The Morgan fingerprint density at radius 2 is 0.477 bits per heavy atom. The van der Waals surface area contributed by atoms with Gasteiger partial charge >= 0.3 is 33.6 Å². The third kappa shape index (κ3) is 86.6. The molecule has 0 rings (SSSR count). The van der Waals surface area contributed by atoms with Gasteiger partial charge in [-0.1, -0.05) is 380 Å². The number of rotatable bonds is 85. The second-order valence-electron chi connectivity index (χ2n) is 30.0. The lowest BCUT2D eigenvalue weighted by molar-refractivity contribution is -0.161. The highest BCUT2D eigenvalue weighted by Crippen LogP contribution is 2.45. The van der Waals surface area contributed by atoms with Crippen molar-refractivity contribution in [2.45, 2.75) is 411 Å². The average molecular weight is 1600 g/mol. The van der Waals surface area contributed by atoms with Crippen LogP contribution in [0.25, 0.3) is 0 Å². The van der Waals surface area contributed by atoms with E-state index in [2.05, 4.69) is 142 Å². The molecule has 4 N–H and O–H groups in total. The van der Waals surface area contributed by atoms with E-state index in [9.17, 15) is 43.5 Å². The molecule has 0 radical (unpaired) electrons. The molecule has 0 aliphatic heterocycles. The van der Waals surface area contributed by atoms with Gasteiger partial charge in [0, 0.05) is 19.3 Å². The van der Waals surface area contributed by atoms with Crippen molar-refractivity contribution in [1.82, 2.24) is 0 Å². The van der Waals surface area contributed by atoms with Crippen LogP contribution in [0.4, 0.5) is 0 Å². The number of aliphatic hydroxyl groups is 2. The predicted octanol–water partition coefficient (Wildman–Crippen LogP) is 27.2. The number of phosphoric acid groups is 2. The summed E-state index contributed by atoms with van der Waals surface area (Å²) in [4.78, 5) is 58.7. The first-order valence-electron chi connectivity index (χ1n) is 44.8. The molecule has 18 heteroatoms. The van der Waals surface area contributed by atoms with E-state index in [0.29, 0.717) is 19.3 Å². The maximum atomic E-state index is 13.0. The largest absolute Gasteiger partial charge is 0.472 e. The van der Waals surface area contributed by atoms with Crippen molar-refractivity contribution in [3.8, 4) is 0 Å². The molecule has 0 spiro atoms. The van der Waals surface area contributed by atoms with Crippen LogP contribution in [0.15, 0.2) is 122 Å². The zero-order valence-corrected chi connectivity index (χ0v) is 72.4. The Morgan fingerprint density at radius 3 is 0.775 bits per heavy atom. The van der Waals surface area contributed by atoms with E-state index in [1.165, 1.54) is 205 Å². The van der Waals surface area contributed by atoms with Crippen molar-refractivity contribution in [1.29, 1.82) is 0 Å². The second-order valence-corrected chi connectivity index (χ2v) is 32.9. The SMILES string of the molecule is CC/C=C\C/C=C\C/C=C\C/C=C\C/C=C\C/C=C\CCCCCCCCCCCCCCCCC(=O)OCC(O)COP(=O)(O)OCC(O)COP(=O)(O)OCC(COC(=O)CCCCCCCCCCCCCCCCC/C=C\C/C=C\C/C=C\C/C=C\CCCCC)OC(=O)CCCCCCCCCCCCC. The van der Waals surface area contributed by atoms with Crippen LogP contribution in [0.2, 0.25) is 0 Å². The first-order valence-corrected chi connectivity index (χ1v) is 47.8. The summed E-state index contributed by atoms with van der Waals surface area (Å²) in [6.07, 6.45) is 104. The normalized spacial score (nSPS) is 14.4. The standard InChI is InChI=1S/C93H164O16P2/c1-4-7-10-13-16-19-22-24-26-28-30-32-34-36-38-40-42-43-45-47-48-50-52-54-56-58-60-62-65-67-70-73-76-79-91(96)103-82-88(94)83-105-110(99,100)106-84-89(95)85-107-111(101,102)108-87-90(109-93(98)81-78-75-72-69-64-21-18-15-12-9-6-3)86-104-92(97)80-77-74-71-68-66-63-61-59-57-55-53-51-49-46-44-41-39-37-35-33-31-29-27-25-23-20-17-14-11-8-5-2/h7,10,16-17,19-20,24-27,30-33,36-39,42-43,88-90,94-95H,4-6,8-9,11-15,18,21-23,28-29,34-35,40-41,44-87H2,1-3H3,(H,99,100)(H,101,102)/b10-7-,19-16-,20-17-,26-24-,27-25-,32-30-,33-31-,38-36-,39-37-,43-42-. The number of esters is 3. The van der Waals surface area contributed by atoms with Crippen molar-refractivity contribution < 1.29 is 75.8 Å². The molecule has 111 heavy (non-hydrogen) atoms. The van der Waals surface area contributed by atoms with Gasteiger partial charge in [-0.25, -0.2) is 9.13 Å². The van der Waals surface area contributed by atoms with E-state index in [-0.39, 0.29) is 19.3 Å². The average Bonchev–Trinajstić information content (AvgIpc) is 0.898. The summed E-state index contributed by atoms with van der Waals surface area (Å²) in [7, 11) is -9.78. The summed E-state index contributed by atoms with van der Waals surface area (Å²) in [5.41, 5.74) is 0. The molecule has 0 heterocycles. The lowest BCUT2D eigenvalue weighted by Crippen LogP contribution is -2.30. The van der Waals surface area contributed by atoms with Crippen LogP contribution >= 0.6 is 15.6 Å². The molecule has 0 fully saturated rings. The first kappa shape index (κ1) is 107. The van der Waals surface area contributed by atoms with Crippen LogP contribution in [-0.4, -0.2) is 95.9 Å². The van der Waals surface area contributed by atoms with Gasteiger partial charge in [0.15, 0.2) is 6.10 Å². The molecule has 0 amide bonds. The summed E-state index contributed by atoms with van der Waals surface area (Å²) in [6.45, 7) is 2.58. The van der Waals surface area contributed by atoms with Gasteiger partial charge in [0.2, 0.25) is 0 Å². The monoisotopic (exact) mass is 1600 g/mol. The van der Waals surface area contributed by atoms with Gasteiger partial charge < -0.3 is 34.2 Å². The molecule has 0 aromatic rings. The van der Waals surface area contributed by atoms with Gasteiger partial charge in [-0.2, -0.15) is 0 Å². The number of hydrogen-bond donors (Lipinski definition) is 4. The molecule has 642 valence electrons. The zero-order chi connectivity index (χ0) is 80.8. The molecule has 0 aromatic carbocycles. The van der Waals surface area contributed by atoms with E-state index in [1.54, 1.807) is 0 Å². The number of allylic oxidation sites excluding steroid dienone is 20. The number of aliphatic hydroxyl groups excluding tert-OH is 2. The van der Waals surface area contributed by atoms with Crippen LogP contribution in [-0.2, 0) is 55.8 Å². The highest BCUT2D eigenvalue weighted by atomic mass is 31.2. The molecule has 0 aliphatic rings. The Hall–Kier alpha value is -4.05. The number of phosphoric ester groups is 2. The molecule has 16 nitrogen and oxygen atoms in total. The topological polar surface area (TPSA) is 231 Å². The maximum Gasteiger partial charge on any atom is 0.472 e. The fraction of sp³-hybridized carbons (Fsp3) is 0.753. The maximum absolute atomic E-state index is 13.0. The van der Waals surface area contributed by atoms with Crippen molar-refractivity contribution in [3.63, 3.8) is 0 Å². The van der Waals surface area contributed by atoms with Crippen molar-refractivity contribution in [2.24, 2.45) is 0 Å². The lowest BCUT2D eigenvalue weighted by atomic mass is 10.0. The highest BCUT2D eigenvalue weighted by Gasteiger charge is 2.29. The minimum Gasteiger partial charge on any atom is -0.463 e. The van der Waals surface area contributed by atoms with E-state index in [1.807, 2.05) is 0 Å².